The standard InChI is InChI=1S/C18H27NO2/c1-6-9-16(17(20)21-5)19-15-11-8-7-10-14(15)13(2)12-18(19,3)4/h7-8,10-11,13,16H,6,9,12H2,1-5H3/t13-,16-/m0/s1. The van der Waals surface area contributed by atoms with Crippen molar-refractivity contribution in [3.63, 3.8) is 0 Å². The highest BCUT2D eigenvalue weighted by atomic mass is 16.5. The van der Waals surface area contributed by atoms with Crippen molar-refractivity contribution in [2.75, 3.05) is 12.0 Å². The second-order valence-corrected chi connectivity index (χ2v) is 6.67. The van der Waals surface area contributed by atoms with Crippen LogP contribution in [0.15, 0.2) is 24.3 Å². The number of carbonyl (C=O) groups excluding carboxylic acids is 1. The lowest BCUT2D eigenvalue weighted by atomic mass is 9.79. The second kappa shape index (κ2) is 6.08. The van der Waals surface area contributed by atoms with E-state index < -0.39 is 0 Å². The molecule has 0 fully saturated rings. The molecule has 0 spiro atoms. The number of ether oxygens (including phenoxy) is 1. The minimum Gasteiger partial charge on any atom is -0.467 e. The van der Waals surface area contributed by atoms with Gasteiger partial charge in [0.1, 0.15) is 6.04 Å². The number of rotatable bonds is 4. The lowest BCUT2D eigenvalue weighted by Gasteiger charge is -2.50. The molecule has 1 aliphatic heterocycles. The molecule has 0 aromatic heterocycles. The third kappa shape index (κ3) is 2.92. The smallest absolute Gasteiger partial charge is 0.328 e. The summed E-state index contributed by atoms with van der Waals surface area (Å²) in [7, 11) is 1.48. The molecule has 0 saturated carbocycles. The number of esters is 1. The molecular formula is C18H27NO2. The number of hydrogen-bond donors (Lipinski definition) is 0. The second-order valence-electron chi connectivity index (χ2n) is 6.67. The van der Waals surface area contributed by atoms with E-state index in [0.29, 0.717) is 5.92 Å². The molecule has 0 unspecified atom stereocenters. The van der Waals surface area contributed by atoms with Gasteiger partial charge in [0.25, 0.3) is 0 Å². The van der Waals surface area contributed by atoms with Gasteiger partial charge in [-0.25, -0.2) is 4.79 Å². The van der Waals surface area contributed by atoms with Gasteiger partial charge in [0.05, 0.1) is 7.11 Å². The highest BCUT2D eigenvalue weighted by Gasteiger charge is 2.42. The SMILES string of the molecule is CCC[C@@H](C(=O)OC)N1c2ccccc2[C@@H](C)CC1(C)C. The van der Waals surface area contributed by atoms with Crippen LogP contribution in [-0.4, -0.2) is 24.7 Å². The Kier molecular flexibility index (Phi) is 4.60. The van der Waals surface area contributed by atoms with Crippen molar-refractivity contribution in [2.24, 2.45) is 0 Å². The average molecular weight is 289 g/mol. The van der Waals surface area contributed by atoms with Crippen LogP contribution in [0.25, 0.3) is 0 Å². The Morgan fingerprint density at radius 3 is 2.71 bits per heavy atom. The topological polar surface area (TPSA) is 29.5 Å². The molecule has 116 valence electrons. The monoisotopic (exact) mass is 289 g/mol. The summed E-state index contributed by atoms with van der Waals surface area (Å²) in [6.45, 7) is 8.84. The largest absolute Gasteiger partial charge is 0.467 e. The molecule has 0 amide bonds. The van der Waals surface area contributed by atoms with Crippen molar-refractivity contribution in [1.82, 2.24) is 0 Å². The first-order valence-electron chi connectivity index (χ1n) is 7.88. The van der Waals surface area contributed by atoms with Crippen LogP contribution in [-0.2, 0) is 9.53 Å². The summed E-state index contributed by atoms with van der Waals surface area (Å²) in [5.74, 6) is 0.377. The average Bonchev–Trinajstić information content (AvgIpc) is 2.44. The Morgan fingerprint density at radius 1 is 1.43 bits per heavy atom. The van der Waals surface area contributed by atoms with Gasteiger partial charge in [0.2, 0.25) is 0 Å². The number of nitrogens with zero attached hydrogens (tertiary/aromatic N) is 1. The molecular weight excluding hydrogens is 262 g/mol. The molecule has 0 saturated heterocycles. The van der Waals surface area contributed by atoms with E-state index in [2.05, 4.69) is 56.9 Å². The normalized spacial score (nSPS) is 21.6. The quantitative estimate of drug-likeness (QED) is 0.781. The lowest BCUT2D eigenvalue weighted by molar-refractivity contribution is -0.142. The molecule has 0 radical (unpaired) electrons. The highest BCUT2D eigenvalue weighted by molar-refractivity contribution is 5.81. The highest BCUT2D eigenvalue weighted by Crippen LogP contribution is 2.44. The van der Waals surface area contributed by atoms with Crippen molar-refractivity contribution >= 4 is 11.7 Å². The maximum Gasteiger partial charge on any atom is 0.328 e. The van der Waals surface area contributed by atoms with E-state index in [4.69, 9.17) is 4.74 Å². The first-order chi connectivity index (χ1) is 9.92. The maximum atomic E-state index is 12.3. The molecule has 0 aliphatic carbocycles. The zero-order valence-corrected chi connectivity index (χ0v) is 13.8. The van der Waals surface area contributed by atoms with E-state index in [-0.39, 0.29) is 17.6 Å². The summed E-state index contributed by atoms with van der Waals surface area (Å²) in [6, 6.07) is 8.25. The van der Waals surface area contributed by atoms with E-state index in [9.17, 15) is 4.79 Å². The minimum absolute atomic E-state index is 0.0538. The van der Waals surface area contributed by atoms with E-state index >= 15 is 0 Å². The first-order valence-corrected chi connectivity index (χ1v) is 7.88. The van der Waals surface area contributed by atoms with Crippen molar-refractivity contribution < 1.29 is 9.53 Å². The third-order valence-corrected chi connectivity index (χ3v) is 4.53. The molecule has 1 aromatic rings. The van der Waals surface area contributed by atoms with Gasteiger partial charge in [-0.3, -0.25) is 0 Å². The van der Waals surface area contributed by atoms with Gasteiger partial charge < -0.3 is 9.64 Å². The van der Waals surface area contributed by atoms with Gasteiger partial charge in [-0.1, -0.05) is 38.5 Å². The Labute approximate surface area is 128 Å². The van der Waals surface area contributed by atoms with Gasteiger partial charge in [-0.15, -0.1) is 0 Å². The number of fused-ring (bicyclic) bond motifs is 1. The number of benzene rings is 1. The predicted octanol–water partition coefficient (Wildman–Crippen LogP) is 4.12. The summed E-state index contributed by atoms with van der Waals surface area (Å²) >= 11 is 0. The van der Waals surface area contributed by atoms with Gasteiger partial charge in [0.15, 0.2) is 0 Å². The Balaban J connectivity index is 2.52. The van der Waals surface area contributed by atoms with Crippen LogP contribution < -0.4 is 4.90 Å². The van der Waals surface area contributed by atoms with Gasteiger partial charge in [-0.05, 0) is 44.2 Å². The zero-order valence-electron chi connectivity index (χ0n) is 13.8. The summed E-state index contributed by atoms with van der Waals surface area (Å²) < 4.78 is 5.07. The lowest BCUT2D eigenvalue weighted by Crippen LogP contribution is -2.56. The van der Waals surface area contributed by atoms with Crippen LogP contribution in [0.1, 0.15) is 58.4 Å². The van der Waals surface area contributed by atoms with Crippen molar-refractivity contribution in [2.45, 2.75) is 64.5 Å². The summed E-state index contributed by atoms with van der Waals surface area (Å²) in [5.41, 5.74) is 2.47. The molecule has 1 aromatic carbocycles. The number of anilines is 1. The molecule has 0 N–H and O–H groups in total. The van der Waals surface area contributed by atoms with Crippen LogP contribution in [0.2, 0.25) is 0 Å². The fraction of sp³-hybridized carbons (Fsp3) is 0.611. The van der Waals surface area contributed by atoms with Crippen LogP contribution in [0.3, 0.4) is 0 Å². The molecule has 21 heavy (non-hydrogen) atoms. The molecule has 0 bridgehead atoms. The van der Waals surface area contributed by atoms with E-state index in [1.165, 1.54) is 18.4 Å². The van der Waals surface area contributed by atoms with Crippen molar-refractivity contribution in [3.8, 4) is 0 Å². The summed E-state index contributed by atoms with van der Waals surface area (Å²) in [6.07, 6.45) is 2.82. The summed E-state index contributed by atoms with van der Waals surface area (Å²) in [5, 5.41) is 0. The predicted molar refractivity (Wildman–Crippen MR) is 86.7 cm³/mol. The van der Waals surface area contributed by atoms with Crippen LogP contribution >= 0.6 is 0 Å². The number of para-hydroxylation sites is 1. The Bertz CT molecular complexity index is 510. The molecule has 2 rings (SSSR count). The van der Waals surface area contributed by atoms with Crippen LogP contribution in [0, 0.1) is 0 Å². The fourth-order valence-corrected chi connectivity index (χ4v) is 3.76. The molecule has 1 heterocycles. The van der Waals surface area contributed by atoms with E-state index in [0.717, 1.165) is 19.3 Å². The molecule has 3 nitrogen and oxygen atoms in total. The minimum atomic E-state index is -0.205. The number of hydrogen-bond acceptors (Lipinski definition) is 3. The zero-order chi connectivity index (χ0) is 15.6. The molecule has 3 heteroatoms. The van der Waals surface area contributed by atoms with Gasteiger partial charge in [0, 0.05) is 11.2 Å². The van der Waals surface area contributed by atoms with Crippen molar-refractivity contribution in [1.29, 1.82) is 0 Å². The van der Waals surface area contributed by atoms with Gasteiger partial charge in [-0.2, -0.15) is 0 Å². The third-order valence-electron chi connectivity index (χ3n) is 4.53. The molecule has 2 atom stereocenters. The van der Waals surface area contributed by atoms with Crippen LogP contribution in [0.4, 0.5) is 5.69 Å². The Morgan fingerprint density at radius 2 is 2.10 bits per heavy atom. The number of methoxy groups -OCH3 is 1. The van der Waals surface area contributed by atoms with Crippen molar-refractivity contribution in [3.05, 3.63) is 29.8 Å². The molecule has 1 aliphatic rings. The van der Waals surface area contributed by atoms with E-state index in [1.54, 1.807) is 0 Å². The summed E-state index contributed by atoms with van der Waals surface area (Å²) in [4.78, 5) is 14.6. The van der Waals surface area contributed by atoms with E-state index in [1.807, 2.05) is 0 Å². The van der Waals surface area contributed by atoms with Crippen LogP contribution in [0.5, 0.6) is 0 Å². The maximum absolute atomic E-state index is 12.3. The first kappa shape index (κ1) is 15.9. The fourth-order valence-electron chi connectivity index (χ4n) is 3.76. The number of carbonyl (C=O) groups is 1. The van der Waals surface area contributed by atoms with Gasteiger partial charge >= 0.3 is 5.97 Å². The Hall–Kier alpha value is -1.51.